The maximum Gasteiger partial charge on any atom is 0.0923 e. The molecule has 1 heterocycles. The van der Waals surface area contributed by atoms with Crippen LogP contribution in [0.3, 0.4) is 0 Å². The van der Waals surface area contributed by atoms with E-state index in [1.54, 1.807) is 6.33 Å². The third-order valence-corrected chi connectivity index (χ3v) is 4.09. The van der Waals surface area contributed by atoms with Crippen LogP contribution in [0.15, 0.2) is 12.5 Å². The average molecular weight is 265 g/mol. The van der Waals surface area contributed by atoms with Crippen molar-refractivity contribution in [2.24, 2.45) is 5.92 Å². The fourth-order valence-corrected chi connectivity index (χ4v) is 2.87. The van der Waals surface area contributed by atoms with E-state index in [0.29, 0.717) is 0 Å². The number of H-pyrrole nitrogens is 1. The average Bonchev–Trinajstić information content (AvgIpc) is 3.04. The number of aryl methyl sites for hydroxylation is 1. The van der Waals surface area contributed by atoms with Crippen molar-refractivity contribution in [3.05, 3.63) is 18.2 Å². The van der Waals surface area contributed by atoms with Gasteiger partial charge in [0.15, 0.2) is 0 Å². The summed E-state index contributed by atoms with van der Waals surface area (Å²) >= 11 is 5.37. The van der Waals surface area contributed by atoms with Gasteiger partial charge in [-0.3, -0.25) is 0 Å². The summed E-state index contributed by atoms with van der Waals surface area (Å²) < 4.78 is 0. The number of aromatic amines is 1. The zero-order valence-corrected chi connectivity index (χ0v) is 11.8. The summed E-state index contributed by atoms with van der Waals surface area (Å²) in [6.45, 7) is 0.969. The summed E-state index contributed by atoms with van der Waals surface area (Å²) in [7, 11) is 0. The fraction of sp³-hybridized carbons (Fsp3) is 0.714. The molecule has 1 aromatic heterocycles. The van der Waals surface area contributed by atoms with E-state index in [0.717, 1.165) is 42.4 Å². The molecule has 3 nitrogen and oxygen atoms in total. The first-order valence-corrected chi connectivity index (χ1v) is 7.50. The Labute approximate surface area is 115 Å². The molecule has 2 N–H and O–H groups in total. The molecule has 0 amide bonds. The van der Waals surface area contributed by atoms with Gasteiger partial charge >= 0.3 is 0 Å². The molecule has 0 unspecified atom stereocenters. The van der Waals surface area contributed by atoms with E-state index in [1.165, 1.54) is 32.1 Å². The molecule has 0 aliphatic heterocycles. The fourth-order valence-electron chi connectivity index (χ4n) is 2.65. The number of hydrogen-bond donors (Lipinski definition) is 2. The normalized spacial score (nSPS) is 16.0. The smallest absolute Gasteiger partial charge is 0.0923 e. The summed E-state index contributed by atoms with van der Waals surface area (Å²) in [4.78, 5) is 8.22. The molecule has 1 aromatic rings. The first-order valence-electron chi connectivity index (χ1n) is 7.09. The van der Waals surface area contributed by atoms with Crippen LogP contribution < -0.4 is 5.32 Å². The Kier molecular flexibility index (Phi) is 5.65. The Balaban J connectivity index is 1.49. The number of imidazole rings is 1. The lowest BCUT2D eigenvalue weighted by molar-refractivity contribution is 0.513. The third kappa shape index (κ3) is 4.77. The van der Waals surface area contributed by atoms with E-state index in [1.807, 2.05) is 6.20 Å². The van der Waals surface area contributed by atoms with Gasteiger partial charge in [0.2, 0.25) is 0 Å². The third-order valence-electron chi connectivity index (χ3n) is 3.74. The minimum atomic E-state index is 0.939. The number of thiocarbonyl (C=S) groups is 1. The SMILES string of the molecule is S=C(CCC1CCCC1)NCCCc1c[nH]cn1. The molecule has 0 atom stereocenters. The van der Waals surface area contributed by atoms with E-state index in [9.17, 15) is 0 Å². The summed E-state index contributed by atoms with van der Waals surface area (Å²) in [5.74, 6) is 0.939. The van der Waals surface area contributed by atoms with Crippen LogP contribution in [0.1, 0.15) is 50.6 Å². The monoisotopic (exact) mass is 265 g/mol. The van der Waals surface area contributed by atoms with Gasteiger partial charge in [-0.1, -0.05) is 37.9 Å². The maximum atomic E-state index is 5.37. The molecular formula is C14H23N3S. The minimum Gasteiger partial charge on any atom is -0.380 e. The Hall–Kier alpha value is -0.900. The molecule has 2 rings (SSSR count). The molecule has 100 valence electrons. The van der Waals surface area contributed by atoms with Crippen LogP contribution in [-0.4, -0.2) is 21.5 Å². The second kappa shape index (κ2) is 7.52. The first-order chi connectivity index (χ1) is 8.84. The van der Waals surface area contributed by atoms with Crippen LogP contribution in [0.5, 0.6) is 0 Å². The van der Waals surface area contributed by atoms with Gasteiger partial charge in [-0.15, -0.1) is 0 Å². The van der Waals surface area contributed by atoms with Gasteiger partial charge in [0, 0.05) is 12.7 Å². The van der Waals surface area contributed by atoms with Gasteiger partial charge in [-0.25, -0.2) is 4.98 Å². The number of aromatic nitrogens is 2. The van der Waals surface area contributed by atoms with E-state index >= 15 is 0 Å². The molecule has 0 aromatic carbocycles. The number of nitrogens with zero attached hydrogens (tertiary/aromatic N) is 1. The van der Waals surface area contributed by atoms with Crippen molar-refractivity contribution in [1.29, 1.82) is 0 Å². The molecular weight excluding hydrogens is 242 g/mol. The molecule has 18 heavy (non-hydrogen) atoms. The van der Waals surface area contributed by atoms with Crippen LogP contribution >= 0.6 is 12.2 Å². The Morgan fingerprint density at radius 2 is 2.28 bits per heavy atom. The topological polar surface area (TPSA) is 40.7 Å². The van der Waals surface area contributed by atoms with Crippen molar-refractivity contribution >= 4 is 17.2 Å². The second-order valence-electron chi connectivity index (χ2n) is 5.20. The first kappa shape index (κ1) is 13.5. The van der Waals surface area contributed by atoms with Crippen molar-refractivity contribution in [3.8, 4) is 0 Å². The molecule has 0 radical (unpaired) electrons. The molecule has 4 heteroatoms. The Morgan fingerprint density at radius 3 is 3.00 bits per heavy atom. The molecule has 1 aliphatic carbocycles. The zero-order chi connectivity index (χ0) is 12.6. The van der Waals surface area contributed by atoms with Gasteiger partial charge in [0.1, 0.15) is 0 Å². The minimum absolute atomic E-state index is 0.939. The van der Waals surface area contributed by atoms with Gasteiger partial charge in [0.05, 0.1) is 17.0 Å². The van der Waals surface area contributed by atoms with Gasteiger partial charge in [-0.05, 0) is 31.6 Å². The second-order valence-corrected chi connectivity index (χ2v) is 5.70. The van der Waals surface area contributed by atoms with Gasteiger partial charge in [0.25, 0.3) is 0 Å². The van der Waals surface area contributed by atoms with Crippen LogP contribution in [0.25, 0.3) is 0 Å². The molecule has 1 aliphatic rings. The summed E-state index contributed by atoms with van der Waals surface area (Å²) in [5.41, 5.74) is 1.13. The van der Waals surface area contributed by atoms with Crippen LogP contribution in [0, 0.1) is 5.92 Å². The van der Waals surface area contributed by atoms with Crippen molar-refractivity contribution in [1.82, 2.24) is 15.3 Å². The predicted molar refractivity (Wildman–Crippen MR) is 78.7 cm³/mol. The highest BCUT2D eigenvalue weighted by molar-refractivity contribution is 7.80. The van der Waals surface area contributed by atoms with Gasteiger partial charge in [-0.2, -0.15) is 0 Å². The molecule has 0 bridgehead atoms. The maximum absolute atomic E-state index is 5.37. The number of nitrogens with one attached hydrogen (secondary N) is 2. The van der Waals surface area contributed by atoms with Crippen molar-refractivity contribution in [3.63, 3.8) is 0 Å². The van der Waals surface area contributed by atoms with E-state index in [4.69, 9.17) is 12.2 Å². The predicted octanol–water partition coefficient (Wildman–Crippen LogP) is 3.23. The van der Waals surface area contributed by atoms with Crippen LogP contribution in [-0.2, 0) is 6.42 Å². The van der Waals surface area contributed by atoms with E-state index in [2.05, 4.69) is 15.3 Å². The van der Waals surface area contributed by atoms with Crippen LogP contribution in [0.2, 0.25) is 0 Å². The standard InChI is InChI=1S/C14H23N3S/c18-14(8-7-12-4-1-2-5-12)16-9-3-6-13-10-15-11-17-13/h10-12H,1-9H2,(H,15,17)(H,16,18). The van der Waals surface area contributed by atoms with E-state index < -0.39 is 0 Å². The Bertz CT molecular complexity index is 342. The molecule has 1 saturated carbocycles. The molecule has 1 fully saturated rings. The summed E-state index contributed by atoms with van der Waals surface area (Å²) in [6.07, 6.45) is 13.8. The van der Waals surface area contributed by atoms with E-state index in [-0.39, 0.29) is 0 Å². The van der Waals surface area contributed by atoms with Crippen LogP contribution in [0.4, 0.5) is 0 Å². The lowest BCUT2D eigenvalue weighted by Gasteiger charge is -2.11. The molecule has 0 spiro atoms. The molecule has 0 saturated heterocycles. The van der Waals surface area contributed by atoms with Crippen molar-refractivity contribution in [2.45, 2.75) is 51.4 Å². The Morgan fingerprint density at radius 1 is 1.44 bits per heavy atom. The highest BCUT2D eigenvalue weighted by Gasteiger charge is 2.14. The lowest BCUT2D eigenvalue weighted by atomic mass is 10.0. The van der Waals surface area contributed by atoms with Gasteiger partial charge < -0.3 is 10.3 Å². The summed E-state index contributed by atoms with van der Waals surface area (Å²) in [6, 6.07) is 0. The summed E-state index contributed by atoms with van der Waals surface area (Å²) in [5, 5.41) is 3.36. The lowest BCUT2D eigenvalue weighted by Crippen LogP contribution is -2.23. The van der Waals surface area contributed by atoms with Crippen molar-refractivity contribution < 1.29 is 0 Å². The van der Waals surface area contributed by atoms with Crippen molar-refractivity contribution in [2.75, 3.05) is 6.54 Å². The quantitative estimate of drug-likeness (QED) is 0.587. The number of rotatable bonds is 7. The highest BCUT2D eigenvalue weighted by atomic mass is 32.1. The highest BCUT2D eigenvalue weighted by Crippen LogP contribution is 2.28. The number of hydrogen-bond acceptors (Lipinski definition) is 2. The zero-order valence-electron chi connectivity index (χ0n) is 11.0. The largest absolute Gasteiger partial charge is 0.380 e.